The van der Waals surface area contributed by atoms with E-state index >= 15 is 0 Å². The molecule has 1 unspecified atom stereocenters. The molecule has 0 saturated carbocycles. The molecule has 138 valence electrons. The molecule has 26 heavy (non-hydrogen) atoms. The molecule has 0 bridgehead atoms. The lowest BCUT2D eigenvalue weighted by molar-refractivity contribution is -0.0303. The number of amides is 1. The number of ether oxygens (including phenoxy) is 1. The van der Waals surface area contributed by atoms with Gasteiger partial charge in [-0.15, -0.1) is 0 Å². The van der Waals surface area contributed by atoms with E-state index in [1.807, 2.05) is 37.3 Å². The van der Waals surface area contributed by atoms with Crippen molar-refractivity contribution >= 4 is 5.91 Å². The van der Waals surface area contributed by atoms with E-state index in [1.165, 1.54) is 5.56 Å². The zero-order valence-corrected chi connectivity index (χ0v) is 15.5. The largest absolute Gasteiger partial charge is 0.371 e. The second-order valence-electron chi connectivity index (χ2n) is 6.90. The molecular formula is C22H28N2O2. The van der Waals surface area contributed by atoms with Gasteiger partial charge in [0.15, 0.2) is 0 Å². The molecule has 0 aromatic heterocycles. The number of unbranched alkanes of at least 4 members (excludes halogenated alkanes) is 1. The number of benzene rings is 2. The number of nitrogens with zero attached hydrogens (tertiary/aromatic N) is 1. The second kappa shape index (κ2) is 9.51. The molecule has 1 atom stereocenters. The number of hydrogen-bond acceptors (Lipinski definition) is 3. The number of rotatable bonds is 7. The summed E-state index contributed by atoms with van der Waals surface area (Å²) in [5.41, 5.74) is 3.10. The van der Waals surface area contributed by atoms with Crippen molar-refractivity contribution in [2.24, 2.45) is 0 Å². The van der Waals surface area contributed by atoms with Crippen molar-refractivity contribution in [1.29, 1.82) is 0 Å². The maximum Gasteiger partial charge on any atom is 0.251 e. The minimum Gasteiger partial charge on any atom is -0.371 e. The van der Waals surface area contributed by atoms with Crippen molar-refractivity contribution in [3.63, 3.8) is 0 Å². The summed E-state index contributed by atoms with van der Waals surface area (Å²) in [5.74, 6) is 0.0178. The smallest absolute Gasteiger partial charge is 0.251 e. The van der Waals surface area contributed by atoms with Gasteiger partial charge in [0, 0.05) is 25.2 Å². The second-order valence-corrected chi connectivity index (χ2v) is 6.90. The summed E-state index contributed by atoms with van der Waals surface area (Å²) in [5, 5.41) is 3.02. The Morgan fingerprint density at radius 1 is 1.15 bits per heavy atom. The first-order valence-electron chi connectivity index (χ1n) is 9.46. The van der Waals surface area contributed by atoms with Crippen LogP contribution in [0, 0.1) is 6.92 Å². The molecule has 3 rings (SSSR count). The molecule has 4 heteroatoms. The molecule has 1 aliphatic heterocycles. The fraction of sp³-hybridized carbons (Fsp3) is 0.409. The summed E-state index contributed by atoms with van der Waals surface area (Å²) in [7, 11) is 0. The van der Waals surface area contributed by atoms with Gasteiger partial charge in [0.25, 0.3) is 5.91 Å². The first kappa shape index (κ1) is 18.6. The Morgan fingerprint density at radius 2 is 2.00 bits per heavy atom. The van der Waals surface area contributed by atoms with Gasteiger partial charge in [-0.05, 0) is 44.0 Å². The van der Waals surface area contributed by atoms with Crippen LogP contribution in [0.2, 0.25) is 0 Å². The Hall–Kier alpha value is -2.17. The molecule has 1 saturated heterocycles. The highest BCUT2D eigenvalue weighted by atomic mass is 16.5. The highest BCUT2D eigenvalue weighted by molar-refractivity contribution is 5.94. The average molecular weight is 352 g/mol. The summed E-state index contributed by atoms with van der Waals surface area (Å²) >= 11 is 0. The normalized spacial score (nSPS) is 17.8. The average Bonchev–Trinajstić information content (AvgIpc) is 2.68. The Balaban J connectivity index is 1.35. The number of aryl methyl sites for hydroxylation is 1. The van der Waals surface area contributed by atoms with E-state index in [0.29, 0.717) is 0 Å². The minimum absolute atomic E-state index is 0.0178. The van der Waals surface area contributed by atoms with Gasteiger partial charge in [-0.25, -0.2) is 0 Å². The van der Waals surface area contributed by atoms with Gasteiger partial charge >= 0.3 is 0 Å². The van der Waals surface area contributed by atoms with E-state index in [0.717, 1.165) is 56.8 Å². The van der Waals surface area contributed by atoms with Gasteiger partial charge in [-0.2, -0.15) is 0 Å². The molecule has 1 fully saturated rings. The van der Waals surface area contributed by atoms with Crippen LogP contribution in [0.1, 0.15) is 40.4 Å². The van der Waals surface area contributed by atoms with Crippen molar-refractivity contribution in [3.05, 3.63) is 71.3 Å². The van der Waals surface area contributed by atoms with Crippen LogP contribution in [0.3, 0.4) is 0 Å². The lowest BCUT2D eigenvalue weighted by Crippen LogP contribution is -2.39. The molecular weight excluding hydrogens is 324 g/mol. The molecule has 0 radical (unpaired) electrons. The predicted molar refractivity (Wildman–Crippen MR) is 104 cm³/mol. The van der Waals surface area contributed by atoms with Gasteiger partial charge in [-0.3, -0.25) is 9.69 Å². The Kier molecular flexibility index (Phi) is 6.81. The predicted octanol–water partition coefficient (Wildman–Crippen LogP) is 3.58. The quantitative estimate of drug-likeness (QED) is 0.775. The van der Waals surface area contributed by atoms with Crippen LogP contribution in [0.4, 0.5) is 0 Å². The molecule has 2 aromatic rings. The van der Waals surface area contributed by atoms with Crippen molar-refractivity contribution in [2.75, 3.05) is 32.8 Å². The zero-order valence-electron chi connectivity index (χ0n) is 15.5. The maximum absolute atomic E-state index is 12.1. The highest BCUT2D eigenvalue weighted by Crippen LogP contribution is 2.21. The fourth-order valence-electron chi connectivity index (χ4n) is 3.33. The molecule has 1 amide bonds. The van der Waals surface area contributed by atoms with Gasteiger partial charge in [0.1, 0.15) is 0 Å². The summed E-state index contributed by atoms with van der Waals surface area (Å²) in [6.45, 7) is 6.48. The van der Waals surface area contributed by atoms with Crippen LogP contribution < -0.4 is 5.32 Å². The van der Waals surface area contributed by atoms with E-state index in [9.17, 15) is 4.79 Å². The van der Waals surface area contributed by atoms with Crippen molar-refractivity contribution < 1.29 is 9.53 Å². The van der Waals surface area contributed by atoms with Gasteiger partial charge in [0.05, 0.1) is 12.7 Å². The summed E-state index contributed by atoms with van der Waals surface area (Å²) in [6.07, 6.45) is 2.24. The van der Waals surface area contributed by atoms with Crippen LogP contribution >= 0.6 is 0 Å². The van der Waals surface area contributed by atoms with Crippen molar-refractivity contribution in [2.45, 2.75) is 25.9 Å². The standard InChI is InChI=1S/C22H28N2O2/c1-18-8-7-11-20(16-18)22(25)23-12-5-6-13-24-14-15-26-21(17-24)19-9-3-2-4-10-19/h2-4,7-11,16,21H,5-6,12-15,17H2,1H3,(H,23,25). The number of carbonyl (C=O) groups excluding carboxylic acids is 1. The van der Waals surface area contributed by atoms with Crippen molar-refractivity contribution in [3.8, 4) is 0 Å². The zero-order chi connectivity index (χ0) is 18.2. The van der Waals surface area contributed by atoms with Crippen LogP contribution in [0.5, 0.6) is 0 Å². The summed E-state index contributed by atoms with van der Waals surface area (Å²) < 4.78 is 5.91. The SMILES string of the molecule is Cc1cccc(C(=O)NCCCCN2CCOC(c3ccccc3)C2)c1. The van der Waals surface area contributed by atoms with Crippen LogP contribution in [0.25, 0.3) is 0 Å². The molecule has 0 aliphatic carbocycles. The number of hydrogen-bond donors (Lipinski definition) is 1. The fourth-order valence-corrected chi connectivity index (χ4v) is 3.33. The monoisotopic (exact) mass is 352 g/mol. The van der Waals surface area contributed by atoms with Crippen LogP contribution in [-0.4, -0.2) is 43.6 Å². The topological polar surface area (TPSA) is 41.6 Å². The molecule has 4 nitrogen and oxygen atoms in total. The Bertz CT molecular complexity index is 702. The summed E-state index contributed by atoms with van der Waals surface area (Å²) in [6, 6.07) is 18.1. The lowest BCUT2D eigenvalue weighted by Gasteiger charge is -2.33. The molecule has 0 spiro atoms. The molecule has 1 heterocycles. The number of carbonyl (C=O) groups is 1. The van der Waals surface area contributed by atoms with Crippen LogP contribution in [-0.2, 0) is 4.74 Å². The van der Waals surface area contributed by atoms with E-state index < -0.39 is 0 Å². The molecule has 1 aliphatic rings. The Labute approximate surface area is 156 Å². The first-order valence-corrected chi connectivity index (χ1v) is 9.46. The highest BCUT2D eigenvalue weighted by Gasteiger charge is 2.21. The number of nitrogens with one attached hydrogen (secondary N) is 1. The van der Waals surface area contributed by atoms with Crippen molar-refractivity contribution in [1.82, 2.24) is 10.2 Å². The lowest BCUT2D eigenvalue weighted by atomic mass is 10.1. The minimum atomic E-state index is 0.0178. The molecule has 1 N–H and O–H groups in total. The van der Waals surface area contributed by atoms with Gasteiger partial charge in [-0.1, -0.05) is 48.0 Å². The molecule has 2 aromatic carbocycles. The maximum atomic E-state index is 12.1. The third-order valence-electron chi connectivity index (χ3n) is 4.79. The third kappa shape index (κ3) is 5.41. The van der Waals surface area contributed by atoms with Crippen LogP contribution in [0.15, 0.2) is 54.6 Å². The Morgan fingerprint density at radius 3 is 2.81 bits per heavy atom. The van der Waals surface area contributed by atoms with E-state index in [-0.39, 0.29) is 12.0 Å². The van der Waals surface area contributed by atoms with Gasteiger partial charge < -0.3 is 10.1 Å². The van der Waals surface area contributed by atoms with E-state index in [2.05, 4.69) is 34.5 Å². The van der Waals surface area contributed by atoms with E-state index in [1.54, 1.807) is 0 Å². The third-order valence-corrected chi connectivity index (χ3v) is 4.79. The van der Waals surface area contributed by atoms with E-state index in [4.69, 9.17) is 4.74 Å². The summed E-state index contributed by atoms with van der Waals surface area (Å²) in [4.78, 5) is 14.6. The first-order chi connectivity index (χ1) is 12.7. The van der Waals surface area contributed by atoms with Gasteiger partial charge in [0.2, 0.25) is 0 Å². The number of morpholine rings is 1.